The minimum absolute atomic E-state index is 0.246. The molecule has 6 N–H and O–H groups in total. The minimum Gasteiger partial charge on any atom is -0.493 e. The predicted molar refractivity (Wildman–Crippen MR) is 109 cm³/mol. The monoisotopic (exact) mass is 458 g/mol. The zero-order chi connectivity index (χ0) is 23.4. The van der Waals surface area contributed by atoms with Crippen molar-refractivity contribution in [3.05, 3.63) is 29.8 Å². The summed E-state index contributed by atoms with van der Waals surface area (Å²) in [4.78, 5) is 0. The number of hydrogen-bond acceptors (Lipinski definition) is 11. The van der Waals surface area contributed by atoms with Gasteiger partial charge in [-0.3, -0.25) is 0 Å². The average Bonchev–Trinajstić information content (AvgIpc) is 2.79. The molecule has 0 spiro atoms. The molecule has 2 saturated heterocycles. The number of allylic oxidation sites excluding steroid dienone is 1. The van der Waals surface area contributed by atoms with Gasteiger partial charge in [-0.2, -0.15) is 0 Å². The summed E-state index contributed by atoms with van der Waals surface area (Å²) in [5, 5.41) is 60.1. The first-order chi connectivity index (χ1) is 15.3. The minimum atomic E-state index is -1.61. The summed E-state index contributed by atoms with van der Waals surface area (Å²) >= 11 is 0. The molecule has 0 unspecified atom stereocenters. The first-order valence-corrected chi connectivity index (χ1v) is 10.2. The highest BCUT2D eigenvalue weighted by Crippen LogP contribution is 2.32. The van der Waals surface area contributed by atoms with Crippen LogP contribution >= 0.6 is 0 Å². The van der Waals surface area contributed by atoms with Crippen LogP contribution in [0.3, 0.4) is 0 Å². The first-order valence-electron chi connectivity index (χ1n) is 10.2. The third-order valence-corrected chi connectivity index (χ3v) is 5.34. The van der Waals surface area contributed by atoms with Gasteiger partial charge in [0.05, 0.1) is 20.3 Å². The Labute approximate surface area is 185 Å². The SMILES string of the molecule is C/C=C/c1ccc(O[C@@H]2O[C@H](CO[C@@H]3OC[C@H](O)[C@H](O)[C@H]3O)[C@@H](O)[C@H](O)[C@H]2O)c(OC)c1. The van der Waals surface area contributed by atoms with E-state index in [1.807, 2.05) is 19.1 Å². The van der Waals surface area contributed by atoms with Crippen molar-refractivity contribution in [3.8, 4) is 11.5 Å². The molecule has 0 aliphatic carbocycles. The molecule has 11 nitrogen and oxygen atoms in total. The van der Waals surface area contributed by atoms with Gasteiger partial charge in [0.2, 0.25) is 6.29 Å². The molecule has 9 atom stereocenters. The zero-order valence-electron chi connectivity index (χ0n) is 17.7. The van der Waals surface area contributed by atoms with E-state index in [0.29, 0.717) is 5.75 Å². The Hall–Kier alpha value is -1.80. The van der Waals surface area contributed by atoms with Crippen molar-refractivity contribution in [2.45, 2.75) is 62.2 Å². The summed E-state index contributed by atoms with van der Waals surface area (Å²) < 4.78 is 27.2. The molecule has 180 valence electrons. The second-order valence-corrected chi connectivity index (χ2v) is 7.63. The van der Waals surface area contributed by atoms with Crippen LogP contribution in [0.2, 0.25) is 0 Å². The van der Waals surface area contributed by atoms with Gasteiger partial charge in [-0.15, -0.1) is 0 Å². The first kappa shape index (κ1) is 24.8. The van der Waals surface area contributed by atoms with Gasteiger partial charge in [-0.05, 0) is 24.6 Å². The Balaban J connectivity index is 1.68. The molecule has 0 radical (unpaired) electrons. The molecule has 3 rings (SSSR count). The van der Waals surface area contributed by atoms with Crippen LogP contribution in [0.4, 0.5) is 0 Å². The smallest absolute Gasteiger partial charge is 0.229 e. The maximum atomic E-state index is 10.3. The molecule has 0 bridgehead atoms. The van der Waals surface area contributed by atoms with Crippen molar-refractivity contribution >= 4 is 6.08 Å². The second kappa shape index (κ2) is 10.9. The van der Waals surface area contributed by atoms with Gasteiger partial charge >= 0.3 is 0 Å². The van der Waals surface area contributed by atoms with Gasteiger partial charge in [-0.1, -0.05) is 18.2 Å². The molecule has 2 aliphatic heterocycles. The van der Waals surface area contributed by atoms with E-state index in [9.17, 15) is 30.6 Å². The number of rotatable bonds is 7. The summed E-state index contributed by atoms with van der Waals surface area (Å²) in [5.41, 5.74) is 0.863. The van der Waals surface area contributed by atoms with Crippen LogP contribution < -0.4 is 9.47 Å². The fourth-order valence-electron chi connectivity index (χ4n) is 3.47. The number of methoxy groups -OCH3 is 1. The van der Waals surface area contributed by atoms with Crippen LogP contribution in [0.25, 0.3) is 6.08 Å². The highest BCUT2D eigenvalue weighted by molar-refractivity contribution is 5.55. The molecule has 1 aromatic rings. The highest BCUT2D eigenvalue weighted by Gasteiger charge is 2.46. The Morgan fingerprint density at radius 3 is 2.34 bits per heavy atom. The van der Waals surface area contributed by atoms with E-state index >= 15 is 0 Å². The lowest BCUT2D eigenvalue weighted by molar-refractivity contribution is -0.307. The maximum absolute atomic E-state index is 10.3. The topological polar surface area (TPSA) is 168 Å². The van der Waals surface area contributed by atoms with Crippen molar-refractivity contribution in [2.75, 3.05) is 20.3 Å². The zero-order valence-corrected chi connectivity index (χ0v) is 17.7. The fraction of sp³-hybridized carbons (Fsp3) is 0.619. The van der Waals surface area contributed by atoms with E-state index < -0.39 is 55.3 Å². The van der Waals surface area contributed by atoms with Gasteiger partial charge in [0.25, 0.3) is 0 Å². The molecule has 0 amide bonds. The van der Waals surface area contributed by atoms with Crippen molar-refractivity contribution in [2.24, 2.45) is 0 Å². The van der Waals surface area contributed by atoms with Gasteiger partial charge in [-0.25, -0.2) is 0 Å². The van der Waals surface area contributed by atoms with Crippen molar-refractivity contribution in [1.29, 1.82) is 0 Å². The van der Waals surface area contributed by atoms with E-state index in [0.717, 1.165) is 5.56 Å². The normalized spacial score (nSPS) is 38.1. The van der Waals surface area contributed by atoms with Crippen LogP contribution in [0.5, 0.6) is 11.5 Å². The van der Waals surface area contributed by atoms with E-state index in [2.05, 4.69) is 0 Å². The Morgan fingerprint density at radius 2 is 1.66 bits per heavy atom. The van der Waals surface area contributed by atoms with Gasteiger partial charge in [0, 0.05) is 0 Å². The molecular formula is C21H30O11. The predicted octanol–water partition coefficient (Wildman–Crippen LogP) is -1.63. The van der Waals surface area contributed by atoms with Gasteiger partial charge in [0.15, 0.2) is 17.8 Å². The lowest BCUT2D eigenvalue weighted by atomic mass is 9.99. The summed E-state index contributed by atoms with van der Waals surface area (Å²) in [7, 11) is 1.45. The quantitative estimate of drug-likeness (QED) is 0.278. The summed E-state index contributed by atoms with van der Waals surface area (Å²) in [6.07, 6.45) is -9.05. The van der Waals surface area contributed by atoms with E-state index in [-0.39, 0.29) is 19.0 Å². The molecule has 11 heteroatoms. The van der Waals surface area contributed by atoms with Crippen LogP contribution in [0.15, 0.2) is 24.3 Å². The maximum Gasteiger partial charge on any atom is 0.229 e. The Morgan fingerprint density at radius 1 is 0.938 bits per heavy atom. The highest BCUT2D eigenvalue weighted by atomic mass is 16.7. The molecule has 0 aromatic heterocycles. The number of benzene rings is 1. The van der Waals surface area contributed by atoms with E-state index in [4.69, 9.17) is 23.7 Å². The lowest BCUT2D eigenvalue weighted by Crippen LogP contribution is -2.61. The van der Waals surface area contributed by atoms with E-state index in [1.54, 1.807) is 18.2 Å². The van der Waals surface area contributed by atoms with Crippen molar-refractivity contribution in [1.82, 2.24) is 0 Å². The third kappa shape index (κ3) is 5.39. The summed E-state index contributed by atoms with van der Waals surface area (Å²) in [5.74, 6) is 0.618. The number of ether oxygens (including phenoxy) is 5. The molecule has 32 heavy (non-hydrogen) atoms. The standard InChI is InChI=1S/C21H30O11/c1-3-4-10-5-6-12(13(7-10)28-2)31-21-19(27)17(25)16(24)14(32-21)9-30-20-18(26)15(23)11(22)8-29-20/h3-7,11,14-27H,8-9H2,1-2H3/b4-3+/t11-,14+,15-,16+,17-,18+,19+,20-,21+/m0/s1. The fourth-order valence-corrected chi connectivity index (χ4v) is 3.47. The number of aliphatic hydroxyl groups is 6. The Kier molecular flexibility index (Phi) is 8.44. The molecule has 2 fully saturated rings. The van der Waals surface area contributed by atoms with Crippen molar-refractivity contribution < 1.29 is 54.3 Å². The number of aliphatic hydroxyl groups excluding tert-OH is 6. The third-order valence-electron chi connectivity index (χ3n) is 5.34. The van der Waals surface area contributed by atoms with E-state index in [1.165, 1.54) is 7.11 Å². The summed E-state index contributed by atoms with van der Waals surface area (Å²) in [6.45, 7) is 1.25. The van der Waals surface area contributed by atoms with Crippen LogP contribution in [0.1, 0.15) is 12.5 Å². The molecule has 1 aromatic carbocycles. The number of hydrogen-bond donors (Lipinski definition) is 6. The summed E-state index contributed by atoms with van der Waals surface area (Å²) in [6, 6.07) is 5.10. The molecule has 2 aliphatic rings. The molecular weight excluding hydrogens is 428 g/mol. The lowest BCUT2D eigenvalue weighted by Gasteiger charge is -2.41. The average molecular weight is 458 g/mol. The van der Waals surface area contributed by atoms with Crippen molar-refractivity contribution in [3.63, 3.8) is 0 Å². The van der Waals surface area contributed by atoms with Gasteiger partial charge in [0.1, 0.15) is 42.7 Å². The molecule has 2 heterocycles. The van der Waals surface area contributed by atoms with Crippen LogP contribution in [-0.2, 0) is 14.2 Å². The van der Waals surface area contributed by atoms with Crippen LogP contribution in [0, 0.1) is 0 Å². The second-order valence-electron chi connectivity index (χ2n) is 7.63. The largest absolute Gasteiger partial charge is 0.493 e. The molecule has 0 saturated carbocycles. The van der Waals surface area contributed by atoms with Gasteiger partial charge < -0.3 is 54.3 Å². The Bertz CT molecular complexity index is 772. The van der Waals surface area contributed by atoms with Crippen LogP contribution in [-0.4, -0.2) is 106 Å².